The first-order chi connectivity index (χ1) is 11.3. The van der Waals surface area contributed by atoms with Crippen molar-refractivity contribution in [3.63, 3.8) is 0 Å². The molecule has 0 radical (unpaired) electrons. The molecule has 0 N–H and O–H groups in total. The zero-order valence-corrected chi connectivity index (χ0v) is 12.9. The van der Waals surface area contributed by atoms with Gasteiger partial charge in [0, 0.05) is 23.7 Å². The third kappa shape index (κ3) is 2.59. The maximum Gasteiger partial charge on any atom is 0.254 e. The van der Waals surface area contributed by atoms with E-state index in [1.807, 2.05) is 59.6 Å². The number of hydrogen-bond acceptors (Lipinski definition) is 2. The summed E-state index contributed by atoms with van der Waals surface area (Å²) in [5, 5.41) is 1.13. The molecule has 0 spiro atoms. The van der Waals surface area contributed by atoms with Crippen molar-refractivity contribution >= 4 is 16.8 Å². The Morgan fingerprint density at radius 3 is 2.70 bits per heavy atom. The van der Waals surface area contributed by atoms with E-state index in [-0.39, 0.29) is 11.9 Å². The van der Waals surface area contributed by atoms with Crippen molar-refractivity contribution in [3.8, 4) is 0 Å². The van der Waals surface area contributed by atoms with Gasteiger partial charge in [-0.25, -0.2) is 0 Å². The molecular formula is C20H18N2O. The van der Waals surface area contributed by atoms with Gasteiger partial charge in [0.15, 0.2) is 0 Å². The van der Waals surface area contributed by atoms with E-state index in [1.165, 1.54) is 0 Å². The first-order valence-corrected chi connectivity index (χ1v) is 8.03. The number of fused-ring (bicyclic) bond motifs is 1. The summed E-state index contributed by atoms with van der Waals surface area (Å²) in [6.07, 6.45) is 3.96. The lowest BCUT2D eigenvalue weighted by molar-refractivity contribution is 0.0735. The molecule has 0 unspecified atom stereocenters. The average Bonchev–Trinajstić information content (AvgIpc) is 3.11. The van der Waals surface area contributed by atoms with Crippen molar-refractivity contribution < 1.29 is 4.79 Å². The van der Waals surface area contributed by atoms with E-state index in [2.05, 4.69) is 17.1 Å². The van der Waals surface area contributed by atoms with E-state index in [4.69, 9.17) is 0 Å². The van der Waals surface area contributed by atoms with Gasteiger partial charge in [-0.05, 0) is 42.7 Å². The fraction of sp³-hybridized carbons (Fsp3) is 0.200. The van der Waals surface area contributed by atoms with E-state index >= 15 is 0 Å². The lowest BCUT2D eigenvalue weighted by atomic mass is 10.0. The third-order valence-electron chi connectivity index (χ3n) is 4.53. The summed E-state index contributed by atoms with van der Waals surface area (Å²) in [4.78, 5) is 19.3. The van der Waals surface area contributed by atoms with Crippen LogP contribution in [0.5, 0.6) is 0 Å². The SMILES string of the molecule is O=C(c1ccccc1)N1CCC[C@@H]1c1cnc2ccccc2c1. The van der Waals surface area contributed by atoms with Crippen LogP contribution >= 0.6 is 0 Å². The van der Waals surface area contributed by atoms with Crippen LogP contribution in [0.3, 0.4) is 0 Å². The summed E-state index contributed by atoms with van der Waals surface area (Å²) in [7, 11) is 0. The van der Waals surface area contributed by atoms with Crippen molar-refractivity contribution in [1.29, 1.82) is 0 Å². The molecule has 23 heavy (non-hydrogen) atoms. The number of aromatic nitrogens is 1. The maximum atomic E-state index is 12.8. The standard InChI is InChI=1S/C20H18N2O/c23-20(15-7-2-1-3-8-15)22-12-6-11-19(22)17-13-16-9-4-5-10-18(16)21-14-17/h1-5,7-10,13-14,19H,6,11-12H2/t19-/m1/s1. The molecule has 0 bridgehead atoms. The molecule has 3 heteroatoms. The first kappa shape index (κ1) is 13.9. The molecule has 1 atom stereocenters. The normalized spacial score (nSPS) is 17.6. The number of carbonyl (C=O) groups is 1. The van der Waals surface area contributed by atoms with E-state index in [0.29, 0.717) is 0 Å². The largest absolute Gasteiger partial charge is 0.332 e. The Bertz CT molecular complexity index is 844. The quantitative estimate of drug-likeness (QED) is 0.710. The molecule has 1 fully saturated rings. The van der Waals surface area contributed by atoms with E-state index in [0.717, 1.165) is 41.4 Å². The number of carbonyl (C=O) groups excluding carboxylic acids is 1. The van der Waals surface area contributed by atoms with Crippen molar-refractivity contribution in [2.24, 2.45) is 0 Å². The predicted molar refractivity (Wildman–Crippen MR) is 91.2 cm³/mol. The zero-order valence-electron chi connectivity index (χ0n) is 12.9. The Morgan fingerprint density at radius 1 is 1.04 bits per heavy atom. The number of benzene rings is 2. The van der Waals surface area contributed by atoms with Crippen LogP contribution < -0.4 is 0 Å². The summed E-state index contributed by atoms with van der Waals surface area (Å²) in [5.41, 5.74) is 2.88. The van der Waals surface area contributed by atoms with Crippen LogP contribution in [-0.4, -0.2) is 22.3 Å². The second-order valence-corrected chi connectivity index (χ2v) is 5.98. The highest BCUT2D eigenvalue weighted by atomic mass is 16.2. The van der Waals surface area contributed by atoms with Crippen molar-refractivity contribution in [2.45, 2.75) is 18.9 Å². The molecule has 1 saturated heterocycles. The van der Waals surface area contributed by atoms with Gasteiger partial charge >= 0.3 is 0 Å². The van der Waals surface area contributed by atoms with Crippen molar-refractivity contribution in [1.82, 2.24) is 9.88 Å². The summed E-state index contributed by atoms with van der Waals surface area (Å²) in [6.45, 7) is 0.811. The number of likely N-dealkylation sites (tertiary alicyclic amines) is 1. The monoisotopic (exact) mass is 302 g/mol. The van der Waals surface area contributed by atoms with Gasteiger partial charge in [0.05, 0.1) is 11.6 Å². The highest BCUT2D eigenvalue weighted by Gasteiger charge is 2.30. The summed E-state index contributed by atoms with van der Waals surface area (Å²) in [5.74, 6) is 0.112. The van der Waals surface area contributed by atoms with Gasteiger partial charge in [-0.1, -0.05) is 36.4 Å². The number of hydrogen-bond donors (Lipinski definition) is 0. The molecular weight excluding hydrogens is 284 g/mol. The molecule has 1 aromatic heterocycles. The first-order valence-electron chi connectivity index (χ1n) is 8.03. The molecule has 2 heterocycles. The number of rotatable bonds is 2. The number of amides is 1. The Morgan fingerprint density at radius 2 is 1.83 bits per heavy atom. The van der Waals surface area contributed by atoms with Gasteiger partial charge in [0.25, 0.3) is 5.91 Å². The van der Waals surface area contributed by atoms with E-state index in [1.54, 1.807) is 0 Å². The predicted octanol–water partition coefficient (Wildman–Crippen LogP) is 4.21. The Kier molecular flexibility index (Phi) is 3.54. The fourth-order valence-electron chi connectivity index (χ4n) is 3.37. The highest BCUT2D eigenvalue weighted by molar-refractivity contribution is 5.94. The van der Waals surface area contributed by atoms with Gasteiger partial charge in [0.1, 0.15) is 0 Å². The van der Waals surface area contributed by atoms with Crippen LogP contribution in [0, 0.1) is 0 Å². The second-order valence-electron chi connectivity index (χ2n) is 5.98. The van der Waals surface area contributed by atoms with Gasteiger partial charge < -0.3 is 4.90 Å². The molecule has 1 amide bonds. The minimum absolute atomic E-state index is 0.112. The van der Waals surface area contributed by atoms with Crippen LogP contribution in [0.4, 0.5) is 0 Å². The molecule has 0 saturated carbocycles. The smallest absolute Gasteiger partial charge is 0.254 e. The van der Waals surface area contributed by atoms with Crippen LogP contribution in [0.2, 0.25) is 0 Å². The zero-order chi connectivity index (χ0) is 15.6. The van der Waals surface area contributed by atoms with Crippen LogP contribution in [0.15, 0.2) is 66.9 Å². The molecule has 1 aliphatic heterocycles. The van der Waals surface area contributed by atoms with Gasteiger partial charge in [-0.3, -0.25) is 9.78 Å². The molecule has 2 aromatic carbocycles. The number of para-hydroxylation sites is 1. The van der Waals surface area contributed by atoms with E-state index in [9.17, 15) is 4.79 Å². The molecule has 3 aromatic rings. The fourth-order valence-corrected chi connectivity index (χ4v) is 3.37. The topological polar surface area (TPSA) is 33.2 Å². The lowest BCUT2D eigenvalue weighted by Crippen LogP contribution is -2.30. The third-order valence-corrected chi connectivity index (χ3v) is 4.53. The van der Waals surface area contributed by atoms with Gasteiger partial charge in [0.2, 0.25) is 0 Å². The second kappa shape index (κ2) is 5.84. The molecule has 3 nitrogen and oxygen atoms in total. The van der Waals surface area contributed by atoms with Crippen molar-refractivity contribution in [2.75, 3.05) is 6.54 Å². The minimum Gasteiger partial charge on any atom is -0.332 e. The Hall–Kier alpha value is -2.68. The van der Waals surface area contributed by atoms with E-state index < -0.39 is 0 Å². The molecule has 114 valence electrons. The summed E-state index contributed by atoms with van der Waals surface area (Å²) in [6, 6.07) is 19.9. The maximum absolute atomic E-state index is 12.8. The van der Waals surface area contributed by atoms with Crippen LogP contribution in [-0.2, 0) is 0 Å². The Balaban J connectivity index is 1.67. The van der Waals surface area contributed by atoms with Gasteiger partial charge in [-0.15, -0.1) is 0 Å². The highest BCUT2D eigenvalue weighted by Crippen LogP contribution is 2.33. The van der Waals surface area contributed by atoms with Crippen LogP contribution in [0.25, 0.3) is 10.9 Å². The average molecular weight is 302 g/mol. The summed E-state index contributed by atoms with van der Waals surface area (Å²) < 4.78 is 0. The van der Waals surface area contributed by atoms with Gasteiger partial charge in [-0.2, -0.15) is 0 Å². The molecule has 0 aliphatic carbocycles. The van der Waals surface area contributed by atoms with Crippen LogP contribution in [0.1, 0.15) is 34.8 Å². The molecule has 1 aliphatic rings. The number of pyridine rings is 1. The lowest BCUT2D eigenvalue weighted by Gasteiger charge is -2.25. The Labute approximate surface area is 135 Å². The number of nitrogens with zero attached hydrogens (tertiary/aromatic N) is 2. The minimum atomic E-state index is 0.112. The van der Waals surface area contributed by atoms with Crippen molar-refractivity contribution in [3.05, 3.63) is 78.0 Å². The molecule has 4 rings (SSSR count). The summed E-state index contributed by atoms with van der Waals surface area (Å²) >= 11 is 0.